The molecule has 154 valence electrons. The molecule has 0 rings (SSSR count). The molecule has 3 N–H and O–H groups in total. The van der Waals surface area contributed by atoms with Crippen LogP contribution in [-0.4, -0.2) is 74.2 Å². The topological polar surface area (TPSA) is 96.9 Å². The Morgan fingerprint density at radius 3 is 2.62 bits per heavy atom. The first kappa shape index (κ1) is 24.1. The van der Waals surface area contributed by atoms with Crippen molar-refractivity contribution in [3.63, 3.8) is 0 Å². The summed E-state index contributed by atoms with van der Waals surface area (Å²) in [4.78, 5) is 23.5. The number of methoxy groups -OCH3 is 1. The maximum Gasteiger partial charge on any atom is 0.222 e. The zero-order valence-corrected chi connectivity index (χ0v) is 18.8. The smallest absolute Gasteiger partial charge is 0.222 e. The molecule has 4 atom stereocenters. The third-order valence-corrected chi connectivity index (χ3v) is 5.03. The van der Waals surface area contributed by atoms with E-state index in [0.717, 1.165) is 12.8 Å². The summed E-state index contributed by atoms with van der Waals surface area (Å²) in [6.45, 7) is 5.05. The largest absolute Gasteiger partial charge is 0.392 e. The van der Waals surface area contributed by atoms with E-state index < -0.39 is 23.9 Å². The molecular weight excluding hydrogens is 471 g/mol. The van der Waals surface area contributed by atoms with E-state index in [1.165, 1.54) is 15.9 Å². The number of carbonyl (C=O) groups excluding carboxylic acids is 2. The third-order valence-electron chi connectivity index (χ3n) is 3.75. The lowest BCUT2D eigenvalue weighted by Gasteiger charge is -2.25. The number of amides is 1. The van der Waals surface area contributed by atoms with Crippen molar-refractivity contribution < 1.29 is 25.5 Å². The predicted molar refractivity (Wildman–Crippen MR) is 114 cm³/mol. The van der Waals surface area contributed by atoms with Crippen LogP contribution in [0.2, 0.25) is 0 Å². The van der Waals surface area contributed by atoms with Crippen LogP contribution < -0.4 is 10.6 Å². The first-order valence-corrected chi connectivity index (χ1v) is 12.2. The van der Waals surface area contributed by atoms with Crippen LogP contribution in [0.4, 0.5) is 0 Å². The van der Waals surface area contributed by atoms with Crippen LogP contribution in [0.5, 0.6) is 0 Å². The second-order valence-corrected chi connectivity index (χ2v) is 8.00. The highest BCUT2D eigenvalue weighted by Gasteiger charge is 2.21. The van der Waals surface area contributed by atoms with Crippen LogP contribution >= 0.6 is 30.1 Å². The van der Waals surface area contributed by atoms with Crippen LogP contribution in [-0.2, 0) is 19.1 Å². The van der Waals surface area contributed by atoms with Gasteiger partial charge in [0.15, 0.2) is 0 Å². The fraction of sp³-hybridized carbons (Fsp3) is 0.882. The average molecular weight is 506 g/mol. The number of nitrogens with one attached hydrogen (secondary N) is 2. The van der Waals surface area contributed by atoms with E-state index in [1.807, 2.05) is 21.2 Å². The molecule has 9 heteroatoms. The van der Waals surface area contributed by atoms with E-state index in [-0.39, 0.29) is 11.7 Å². The molecular formula is C17H33IN2O5S. The van der Waals surface area contributed by atoms with E-state index in [2.05, 4.69) is 10.6 Å². The zero-order valence-electron chi connectivity index (χ0n) is 16.8. The summed E-state index contributed by atoms with van der Waals surface area (Å²) in [5, 5.41) is 15.8. The van der Waals surface area contributed by atoms with Gasteiger partial charge < -0.3 is 25.2 Å². The highest BCUT2D eigenvalue weighted by atomic mass is 127. The number of hydrogen-bond acceptors (Lipinski definition) is 7. The molecule has 0 aliphatic carbocycles. The Kier molecular flexibility index (Phi) is 15.9. The van der Waals surface area contributed by atoms with Gasteiger partial charge in [0.2, 0.25) is 5.91 Å². The molecule has 0 aromatic carbocycles. The van der Waals surface area contributed by atoms with Gasteiger partial charge in [-0.3, -0.25) is 9.59 Å². The Hall–Kier alpha value is 0.0600. The van der Waals surface area contributed by atoms with Crippen LogP contribution in [0.15, 0.2) is 0 Å². The molecule has 26 heavy (non-hydrogen) atoms. The summed E-state index contributed by atoms with van der Waals surface area (Å²) in [5.41, 5.74) is -0.558. The summed E-state index contributed by atoms with van der Waals surface area (Å²) in [6, 6.07) is -0.871. The van der Waals surface area contributed by atoms with Crippen molar-refractivity contribution in [3.05, 3.63) is 0 Å². The maximum atomic E-state index is 11.9. The summed E-state index contributed by atoms with van der Waals surface area (Å²) < 4.78 is 18.1. The first-order valence-electron chi connectivity index (χ1n) is 9.38. The molecule has 1 amide bonds. The van der Waals surface area contributed by atoms with Gasteiger partial charge in [-0.25, -0.2) is 0 Å². The molecule has 0 aliphatic heterocycles. The second kappa shape index (κ2) is 17.2. The Morgan fingerprint density at radius 2 is 2.04 bits per heavy atom. The molecule has 0 aliphatic rings. The number of ketones is 1. The van der Waals surface area contributed by atoms with Crippen LogP contribution in [0.25, 0.3) is 0 Å². The zero-order chi connectivity index (χ0) is 20.7. The van der Waals surface area contributed by atoms with Crippen LogP contribution in [0.3, 0.4) is 0 Å². The van der Waals surface area contributed by atoms with Crippen molar-refractivity contribution in [1.29, 1.82) is 0 Å². The van der Waals surface area contributed by atoms with Crippen molar-refractivity contribution in [1.82, 2.24) is 10.6 Å². The SMILES string of the molecule is [3H]C(SI)C(N[C@@H](CCCCNC(=O)CCOCCOC)C(C)=O)C(C)O. The lowest BCUT2D eigenvalue weighted by molar-refractivity contribution is -0.122. The van der Waals surface area contributed by atoms with E-state index in [1.54, 1.807) is 14.0 Å². The summed E-state index contributed by atoms with van der Waals surface area (Å²) in [7, 11) is 2.90. The van der Waals surface area contributed by atoms with Crippen LogP contribution in [0, 0.1) is 0 Å². The second-order valence-electron chi connectivity index (χ2n) is 6.02. The van der Waals surface area contributed by atoms with Crippen molar-refractivity contribution in [2.24, 2.45) is 0 Å². The Labute approximate surface area is 174 Å². The van der Waals surface area contributed by atoms with Gasteiger partial charge in [0.1, 0.15) is 5.78 Å². The summed E-state index contributed by atoms with van der Waals surface area (Å²) in [5.74, 6) is -0.0671. The van der Waals surface area contributed by atoms with Gasteiger partial charge in [0, 0.05) is 33.2 Å². The van der Waals surface area contributed by atoms with E-state index in [9.17, 15) is 14.7 Å². The Morgan fingerprint density at radius 1 is 1.31 bits per heavy atom. The number of unbranched alkanes of at least 4 members (excludes halogenated alkanes) is 1. The number of halogens is 1. The number of aliphatic hydroxyl groups is 1. The molecule has 0 spiro atoms. The van der Waals surface area contributed by atoms with Gasteiger partial charge in [-0.05, 0) is 54.3 Å². The minimum atomic E-state index is -0.720. The molecule has 0 saturated carbocycles. The third kappa shape index (κ3) is 14.2. The van der Waals surface area contributed by atoms with Crippen molar-refractivity contribution in [2.45, 2.75) is 57.7 Å². The normalized spacial score (nSPS) is 16.4. The summed E-state index contributed by atoms with van der Waals surface area (Å²) >= 11 is 2.03. The van der Waals surface area contributed by atoms with Gasteiger partial charge in [0.05, 0.1) is 32.0 Å². The van der Waals surface area contributed by atoms with Crippen molar-refractivity contribution in [2.75, 3.05) is 39.2 Å². The first-order chi connectivity index (χ1) is 12.8. The molecule has 7 nitrogen and oxygen atoms in total. The molecule has 0 radical (unpaired) electrons. The molecule has 0 saturated heterocycles. The van der Waals surface area contributed by atoms with Gasteiger partial charge in [-0.2, -0.15) is 0 Å². The highest BCUT2D eigenvalue weighted by Crippen LogP contribution is 2.15. The monoisotopic (exact) mass is 506 g/mol. The molecule has 0 bridgehead atoms. The van der Waals surface area contributed by atoms with E-state index >= 15 is 0 Å². The van der Waals surface area contributed by atoms with Crippen molar-refractivity contribution >= 4 is 41.8 Å². The number of carbonyl (C=O) groups is 2. The standard InChI is InChI=1S/C17H33IN2O5S/c1-13(21)15(20-16(12-26-18)14(2)22)6-4-5-8-19-17(23)7-9-25-11-10-24-3/h14-16,20,22H,4-12H2,1-3H3,(H,19,23)/t14?,15-,16?/m0/s1/i12T/t12?,14?,15-,16?. The molecule has 0 aromatic rings. The number of rotatable bonds is 17. The highest BCUT2D eigenvalue weighted by molar-refractivity contribution is 14.2. The molecule has 0 fully saturated rings. The van der Waals surface area contributed by atoms with E-state index in [4.69, 9.17) is 10.8 Å². The minimum absolute atomic E-state index is 0.0106. The number of hydrogen-bond donors (Lipinski definition) is 3. The predicted octanol–water partition coefficient (Wildman–Crippen LogP) is 1.71. The average Bonchev–Trinajstić information content (AvgIpc) is 2.62. The molecule has 0 heterocycles. The Balaban J connectivity index is 4.05. The summed E-state index contributed by atoms with van der Waals surface area (Å²) in [6.07, 6.45) is 1.71. The molecule has 3 unspecified atom stereocenters. The van der Waals surface area contributed by atoms with Crippen molar-refractivity contribution in [3.8, 4) is 0 Å². The number of Topliss-reactive ketones (excluding diaryl/α,β-unsaturated/α-hetero) is 1. The quantitative estimate of drug-likeness (QED) is 0.204. The van der Waals surface area contributed by atoms with Gasteiger partial charge in [-0.1, -0.05) is 8.93 Å². The fourth-order valence-corrected chi connectivity index (χ4v) is 3.55. The fourth-order valence-electron chi connectivity index (χ4n) is 2.18. The lowest BCUT2D eigenvalue weighted by Crippen LogP contribution is -2.48. The minimum Gasteiger partial charge on any atom is -0.392 e. The van der Waals surface area contributed by atoms with Gasteiger partial charge in [-0.15, -0.1) is 0 Å². The number of aliphatic hydroxyl groups excluding tert-OH is 1. The van der Waals surface area contributed by atoms with Crippen LogP contribution in [0.1, 0.15) is 40.9 Å². The van der Waals surface area contributed by atoms with Gasteiger partial charge >= 0.3 is 0 Å². The Bertz CT molecular complexity index is 421. The van der Waals surface area contributed by atoms with Gasteiger partial charge in [0.25, 0.3) is 0 Å². The number of ether oxygens (including phenoxy) is 2. The lowest BCUT2D eigenvalue weighted by atomic mass is 10.0. The molecule has 0 aromatic heterocycles. The maximum absolute atomic E-state index is 11.9. The van der Waals surface area contributed by atoms with E-state index in [0.29, 0.717) is 39.2 Å².